The molecule has 2 heterocycles. The highest BCUT2D eigenvalue weighted by Gasteiger charge is 2.32. The Labute approximate surface area is 116 Å². The van der Waals surface area contributed by atoms with Gasteiger partial charge in [-0.25, -0.2) is 4.98 Å². The first-order valence-electron chi connectivity index (χ1n) is 7.15. The van der Waals surface area contributed by atoms with Crippen molar-refractivity contribution in [1.82, 2.24) is 9.88 Å². The Hall–Kier alpha value is -1.13. The van der Waals surface area contributed by atoms with Crippen LogP contribution in [0.25, 0.3) is 0 Å². The third-order valence-corrected chi connectivity index (χ3v) is 4.21. The first-order valence-corrected chi connectivity index (χ1v) is 7.15. The third kappa shape index (κ3) is 3.45. The molecule has 1 unspecified atom stereocenters. The van der Waals surface area contributed by atoms with E-state index in [-0.39, 0.29) is 0 Å². The molecule has 1 aliphatic rings. The molecule has 0 radical (unpaired) electrons. The van der Waals surface area contributed by atoms with Crippen LogP contribution in [0.15, 0.2) is 18.3 Å². The van der Waals surface area contributed by atoms with Crippen molar-refractivity contribution in [1.29, 1.82) is 0 Å². The summed E-state index contributed by atoms with van der Waals surface area (Å²) in [6, 6.07) is 4.30. The van der Waals surface area contributed by atoms with E-state index in [0.717, 1.165) is 38.5 Å². The summed E-state index contributed by atoms with van der Waals surface area (Å²) in [6.45, 7) is 9.40. The fourth-order valence-corrected chi connectivity index (χ4v) is 2.58. The van der Waals surface area contributed by atoms with E-state index in [1.807, 2.05) is 6.20 Å². The van der Waals surface area contributed by atoms with Gasteiger partial charge in [0.25, 0.3) is 0 Å². The largest absolute Gasteiger partial charge is 0.360 e. The van der Waals surface area contributed by atoms with E-state index in [2.05, 4.69) is 47.8 Å². The van der Waals surface area contributed by atoms with Crippen molar-refractivity contribution < 1.29 is 0 Å². The van der Waals surface area contributed by atoms with E-state index in [1.54, 1.807) is 0 Å². The van der Waals surface area contributed by atoms with Crippen molar-refractivity contribution in [2.45, 2.75) is 26.8 Å². The summed E-state index contributed by atoms with van der Waals surface area (Å²) in [5, 5.41) is 0. The van der Waals surface area contributed by atoms with Gasteiger partial charge in [0.2, 0.25) is 0 Å². The number of hydrogen-bond donors (Lipinski definition) is 1. The standard InChI is InChI=1S/C15H26N4/c1-4-18(3)14-6-5-13(9-17-14)10-19-8-7-15(2,11-16)12-19/h5-6,9H,4,7-8,10-12,16H2,1-3H3. The van der Waals surface area contributed by atoms with Crippen LogP contribution in [-0.2, 0) is 6.54 Å². The maximum Gasteiger partial charge on any atom is 0.128 e. The summed E-state index contributed by atoms with van der Waals surface area (Å²) in [4.78, 5) is 9.15. The zero-order chi connectivity index (χ0) is 13.9. The molecule has 0 bridgehead atoms. The summed E-state index contributed by atoms with van der Waals surface area (Å²) in [5.41, 5.74) is 7.44. The fraction of sp³-hybridized carbons (Fsp3) is 0.667. The minimum Gasteiger partial charge on any atom is -0.360 e. The number of likely N-dealkylation sites (tertiary alicyclic amines) is 1. The molecule has 19 heavy (non-hydrogen) atoms. The lowest BCUT2D eigenvalue weighted by Crippen LogP contribution is -2.31. The Bertz CT molecular complexity index is 403. The first kappa shape index (κ1) is 14.3. The van der Waals surface area contributed by atoms with E-state index in [1.165, 1.54) is 12.0 Å². The molecule has 1 aromatic rings. The van der Waals surface area contributed by atoms with Gasteiger partial charge in [0.15, 0.2) is 0 Å². The van der Waals surface area contributed by atoms with E-state index in [0.29, 0.717) is 5.41 Å². The van der Waals surface area contributed by atoms with E-state index < -0.39 is 0 Å². The van der Waals surface area contributed by atoms with Gasteiger partial charge in [-0.05, 0) is 43.5 Å². The van der Waals surface area contributed by atoms with Gasteiger partial charge in [0.05, 0.1) is 0 Å². The van der Waals surface area contributed by atoms with Gasteiger partial charge in [-0.3, -0.25) is 4.90 Å². The lowest BCUT2D eigenvalue weighted by Gasteiger charge is -2.22. The van der Waals surface area contributed by atoms with Gasteiger partial charge in [0, 0.05) is 32.9 Å². The van der Waals surface area contributed by atoms with Crippen LogP contribution in [0.2, 0.25) is 0 Å². The smallest absolute Gasteiger partial charge is 0.128 e. The normalized spacial score (nSPS) is 23.8. The molecule has 1 saturated heterocycles. The van der Waals surface area contributed by atoms with Crippen molar-refractivity contribution in [3.63, 3.8) is 0 Å². The van der Waals surface area contributed by atoms with Crippen molar-refractivity contribution in [2.75, 3.05) is 38.1 Å². The molecule has 1 aliphatic heterocycles. The number of nitrogens with zero attached hydrogens (tertiary/aromatic N) is 3. The van der Waals surface area contributed by atoms with Gasteiger partial charge in [-0.15, -0.1) is 0 Å². The molecule has 2 rings (SSSR count). The highest BCUT2D eigenvalue weighted by Crippen LogP contribution is 2.29. The molecule has 4 nitrogen and oxygen atoms in total. The summed E-state index contributed by atoms with van der Waals surface area (Å²) in [6.07, 6.45) is 3.20. The quantitative estimate of drug-likeness (QED) is 0.877. The average Bonchev–Trinajstić information content (AvgIpc) is 2.81. The number of pyridine rings is 1. The number of hydrogen-bond acceptors (Lipinski definition) is 4. The molecule has 1 atom stereocenters. The highest BCUT2D eigenvalue weighted by atomic mass is 15.2. The Morgan fingerprint density at radius 1 is 1.47 bits per heavy atom. The van der Waals surface area contributed by atoms with Gasteiger partial charge < -0.3 is 10.6 Å². The molecular weight excluding hydrogens is 236 g/mol. The second-order valence-corrected chi connectivity index (χ2v) is 6.01. The maximum atomic E-state index is 5.85. The van der Waals surface area contributed by atoms with Crippen molar-refractivity contribution in [3.05, 3.63) is 23.9 Å². The second kappa shape index (κ2) is 5.88. The summed E-state index contributed by atoms with van der Waals surface area (Å²) in [5.74, 6) is 1.04. The van der Waals surface area contributed by atoms with Crippen LogP contribution in [-0.4, -0.2) is 43.1 Å². The summed E-state index contributed by atoms with van der Waals surface area (Å²) < 4.78 is 0. The number of aromatic nitrogens is 1. The van der Waals surface area contributed by atoms with Crippen LogP contribution >= 0.6 is 0 Å². The van der Waals surface area contributed by atoms with Crippen LogP contribution in [0.4, 0.5) is 5.82 Å². The van der Waals surface area contributed by atoms with Crippen LogP contribution in [0.1, 0.15) is 25.8 Å². The van der Waals surface area contributed by atoms with Crippen LogP contribution in [0.5, 0.6) is 0 Å². The highest BCUT2D eigenvalue weighted by molar-refractivity contribution is 5.37. The predicted octanol–water partition coefficient (Wildman–Crippen LogP) is 1.71. The van der Waals surface area contributed by atoms with E-state index in [4.69, 9.17) is 5.73 Å². The molecule has 0 amide bonds. The zero-order valence-corrected chi connectivity index (χ0v) is 12.4. The molecule has 1 aromatic heterocycles. The molecule has 2 N–H and O–H groups in total. The molecular formula is C15H26N4. The van der Waals surface area contributed by atoms with Crippen LogP contribution < -0.4 is 10.6 Å². The minimum atomic E-state index is 0.301. The molecule has 106 valence electrons. The summed E-state index contributed by atoms with van der Waals surface area (Å²) in [7, 11) is 2.06. The Morgan fingerprint density at radius 3 is 2.79 bits per heavy atom. The SMILES string of the molecule is CCN(C)c1ccc(CN2CCC(C)(CN)C2)cn1. The van der Waals surface area contributed by atoms with Gasteiger partial charge in [0.1, 0.15) is 5.82 Å². The maximum absolute atomic E-state index is 5.85. The van der Waals surface area contributed by atoms with E-state index in [9.17, 15) is 0 Å². The summed E-state index contributed by atoms with van der Waals surface area (Å²) >= 11 is 0. The topological polar surface area (TPSA) is 45.4 Å². The Kier molecular flexibility index (Phi) is 4.42. The molecule has 1 fully saturated rings. The first-order chi connectivity index (χ1) is 9.06. The molecule has 0 saturated carbocycles. The van der Waals surface area contributed by atoms with Gasteiger partial charge >= 0.3 is 0 Å². The van der Waals surface area contributed by atoms with E-state index >= 15 is 0 Å². The van der Waals surface area contributed by atoms with Gasteiger partial charge in [-0.2, -0.15) is 0 Å². The molecule has 4 heteroatoms. The van der Waals surface area contributed by atoms with Gasteiger partial charge in [-0.1, -0.05) is 13.0 Å². The predicted molar refractivity (Wildman–Crippen MR) is 80.2 cm³/mol. The lowest BCUT2D eigenvalue weighted by molar-refractivity contribution is 0.274. The molecule has 0 aliphatic carbocycles. The van der Waals surface area contributed by atoms with Crippen molar-refractivity contribution in [2.24, 2.45) is 11.1 Å². The molecule has 0 aromatic carbocycles. The van der Waals surface area contributed by atoms with Crippen LogP contribution in [0.3, 0.4) is 0 Å². The van der Waals surface area contributed by atoms with Crippen molar-refractivity contribution in [3.8, 4) is 0 Å². The van der Waals surface area contributed by atoms with Crippen LogP contribution in [0, 0.1) is 5.41 Å². The minimum absolute atomic E-state index is 0.301. The average molecular weight is 262 g/mol. The second-order valence-electron chi connectivity index (χ2n) is 6.01. The lowest BCUT2D eigenvalue weighted by atomic mass is 9.90. The monoisotopic (exact) mass is 262 g/mol. The number of rotatable bonds is 5. The van der Waals surface area contributed by atoms with Crippen molar-refractivity contribution >= 4 is 5.82 Å². The third-order valence-electron chi connectivity index (χ3n) is 4.21. The number of nitrogens with two attached hydrogens (primary N) is 1. The zero-order valence-electron chi connectivity index (χ0n) is 12.4. The molecule has 0 spiro atoms. The number of anilines is 1. The Balaban J connectivity index is 1.94. The Morgan fingerprint density at radius 2 is 2.26 bits per heavy atom. The fourth-order valence-electron chi connectivity index (χ4n) is 2.58.